The van der Waals surface area contributed by atoms with Crippen LogP contribution in [0.1, 0.15) is 12.5 Å². The number of halogens is 1. The van der Waals surface area contributed by atoms with Gasteiger partial charge in [0.25, 0.3) is 0 Å². The molecule has 1 atom stereocenters. The lowest BCUT2D eigenvalue weighted by molar-refractivity contribution is 0.731. The lowest BCUT2D eigenvalue weighted by Crippen LogP contribution is -2.33. The number of thioether (sulfide) groups is 1. The molecule has 0 aromatic heterocycles. The Hall–Kier alpha value is -0.380. The second-order valence-corrected chi connectivity index (χ2v) is 6.15. The fourth-order valence-corrected chi connectivity index (χ4v) is 3.32. The number of hydrogen-bond acceptors (Lipinski definition) is 3. The van der Waals surface area contributed by atoms with Crippen LogP contribution in [-0.2, 0) is 6.42 Å². The zero-order valence-electron chi connectivity index (χ0n) is 10.2. The van der Waals surface area contributed by atoms with Crippen LogP contribution in [0.4, 0.5) is 5.69 Å². The largest absolute Gasteiger partial charge is 0.370 e. The van der Waals surface area contributed by atoms with Crippen LogP contribution >= 0.6 is 23.4 Å². The number of anilines is 1. The number of nitrogens with two attached hydrogens (primary N) is 1. The van der Waals surface area contributed by atoms with Crippen molar-refractivity contribution < 1.29 is 0 Å². The monoisotopic (exact) mass is 270 g/mol. The molecule has 1 aliphatic rings. The maximum Gasteiger partial charge on any atom is 0.0459 e. The van der Waals surface area contributed by atoms with Crippen LogP contribution in [0.25, 0.3) is 0 Å². The predicted molar refractivity (Wildman–Crippen MR) is 78.3 cm³/mol. The van der Waals surface area contributed by atoms with Crippen LogP contribution in [0.15, 0.2) is 18.2 Å². The number of nitrogens with zero attached hydrogens (tertiary/aromatic N) is 1. The smallest absolute Gasteiger partial charge is 0.0459 e. The summed E-state index contributed by atoms with van der Waals surface area (Å²) in [5, 5.41) is 0.845. The highest BCUT2D eigenvalue weighted by atomic mass is 35.5. The Morgan fingerprint density at radius 1 is 1.41 bits per heavy atom. The summed E-state index contributed by atoms with van der Waals surface area (Å²) in [6.45, 7) is 4.24. The molecule has 0 saturated carbocycles. The molecule has 1 fully saturated rings. The third-order valence-electron chi connectivity index (χ3n) is 2.97. The summed E-state index contributed by atoms with van der Waals surface area (Å²) < 4.78 is 0. The predicted octanol–water partition coefficient (Wildman–Crippen LogP) is 2.78. The van der Waals surface area contributed by atoms with E-state index in [2.05, 4.69) is 11.0 Å². The quantitative estimate of drug-likeness (QED) is 0.916. The minimum Gasteiger partial charge on any atom is -0.370 e. The lowest BCUT2D eigenvalue weighted by Gasteiger charge is -2.31. The number of rotatable bonds is 3. The zero-order chi connectivity index (χ0) is 12.3. The first-order valence-corrected chi connectivity index (χ1v) is 7.57. The minimum atomic E-state index is 0.146. The molecule has 1 unspecified atom stereocenters. The molecule has 1 aromatic carbocycles. The molecule has 4 heteroatoms. The molecule has 1 heterocycles. The molecular weight excluding hydrogens is 252 g/mol. The molecule has 2 nitrogen and oxygen atoms in total. The highest BCUT2D eigenvalue weighted by Crippen LogP contribution is 2.30. The van der Waals surface area contributed by atoms with Gasteiger partial charge in [0.05, 0.1) is 0 Å². The molecular formula is C13H19ClN2S. The molecule has 2 N–H and O–H groups in total. The van der Waals surface area contributed by atoms with Crippen molar-refractivity contribution in [2.45, 2.75) is 19.4 Å². The van der Waals surface area contributed by atoms with Crippen molar-refractivity contribution >= 4 is 29.1 Å². The van der Waals surface area contributed by atoms with E-state index in [4.69, 9.17) is 17.3 Å². The Bertz CT molecular complexity index is 376. The fourth-order valence-electron chi connectivity index (χ4n) is 2.17. The second kappa shape index (κ2) is 5.98. The van der Waals surface area contributed by atoms with Crippen molar-refractivity contribution in [1.82, 2.24) is 0 Å². The topological polar surface area (TPSA) is 29.3 Å². The van der Waals surface area contributed by atoms with Gasteiger partial charge in [0.2, 0.25) is 0 Å². The molecule has 0 radical (unpaired) electrons. The van der Waals surface area contributed by atoms with Crippen molar-refractivity contribution in [1.29, 1.82) is 0 Å². The second-order valence-electron chi connectivity index (χ2n) is 4.52. The summed E-state index contributed by atoms with van der Waals surface area (Å²) >= 11 is 8.32. The van der Waals surface area contributed by atoms with Crippen LogP contribution in [0, 0.1) is 0 Å². The van der Waals surface area contributed by atoms with Gasteiger partial charge >= 0.3 is 0 Å². The van der Waals surface area contributed by atoms with Gasteiger partial charge in [0, 0.05) is 41.3 Å². The maximum atomic E-state index is 6.31. The first-order valence-electron chi connectivity index (χ1n) is 6.04. The van der Waals surface area contributed by atoms with E-state index < -0.39 is 0 Å². The van der Waals surface area contributed by atoms with Crippen LogP contribution in [0.3, 0.4) is 0 Å². The lowest BCUT2D eigenvalue weighted by atomic mass is 10.0. The Labute approximate surface area is 113 Å². The average Bonchev–Trinajstić information content (AvgIpc) is 2.32. The SMILES string of the molecule is CC(N)Cc1c(Cl)cccc1N1CCSCC1. The third kappa shape index (κ3) is 3.30. The van der Waals surface area contributed by atoms with Gasteiger partial charge in [-0.05, 0) is 31.0 Å². The molecule has 2 rings (SSSR count). The Kier molecular flexibility index (Phi) is 4.60. The molecule has 0 amide bonds. The zero-order valence-corrected chi connectivity index (χ0v) is 11.7. The molecule has 1 aromatic rings. The van der Waals surface area contributed by atoms with E-state index >= 15 is 0 Å². The van der Waals surface area contributed by atoms with E-state index in [1.807, 2.05) is 30.8 Å². The van der Waals surface area contributed by atoms with Gasteiger partial charge in [-0.15, -0.1) is 0 Å². The van der Waals surface area contributed by atoms with Gasteiger partial charge in [-0.3, -0.25) is 0 Å². The molecule has 1 saturated heterocycles. The van der Waals surface area contributed by atoms with Gasteiger partial charge in [0.1, 0.15) is 0 Å². The highest BCUT2D eigenvalue weighted by molar-refractivity contribution is 7.99. The summed E-state index contributed by atoms with van der Waals surface area (Å²) in [6.07, 6.45) is 0.846. The fraction of sp³-hybridized carbons (Fsp3) is 0.538. The van der Waals surface area contributed by atoms with Crippen molar-refractivity contribution in [2.24, 2.45) is 5.73 Å². The first kappa shape index (κ1) is 13.1. The van der Waals surface area contributed by atoms with Gasteiger partial charge in [-0.2, -0.15) is 11.8 Å². The van der Waals surface area contributed by atoms with Crippen molar-refractivity contribution in [3.63, 3.8) is 0 Å². The average molecular weight is 271 g/mol. The van der Waals surface area contributed by atoms with Gasteiger partial charge in [-0.25, -0.2) is 0 Å². The molecule has 94 valence electrons. The standard InChI is InChI=1S/C13H19ClN2S/c1-10(15)9-11-12(14)3-2-4-13(11)16-5-7-17-8-6-16/h2-4,10H,5-9,15H2,1H3. The van der Waals surface area contributed by atoms with Gasteiger partial charge in [-0.1, -0.05) is 17.7 Å². The Balaban J connectivity index is 2.27. The summed E-state index contributed by atoms with van der Waals surface area (Å²) in [6, 6.07) is 6.30. The van der Waals surface area contributed by atoms with E-state index in [1.165, 1.54) is 22.8 Å². The van der Waals surface area contributed by atoms with Gasteiger partial charge in [0.15, 0.2) is 0 Å². The van der Waals surface area contributed by atoms with E-state index in [0.29, 0.717) is 0 Å². The summed E-state index contributed by atoms with van der Waals surface area (Å²) in [7, 11) is 0. The van der Waals surface area contributed by atoms with E-state index in [0.717, 1.165) is 24.5 Å². The van der Waals surface area contributed by atoms with Crippen LogP contribution in [0.5, 0.6) is 0 Å². The van der Waals surface area contributed by atoms with Gasteiger partial charge < -0.3 is 10.6 Å². The Morgan fingerprint density at radius 2 is 2.12 bits per heavy atom. The van der Waals surface area contributed by atoms with Crippen molar-refractivity contribution in [2.75, 3.05) is 29.5 Å². The van der Waals surface area contributed by atoms with Crippen LogP contribution < -0.4 is 10.6 Å². The summed E-state index contributed by atoms with van der Waals surface area (Å²) in [5.74, 6) is 2.40. The molecule has 1 aliphatic heterocycles. The molecule has 0 spiro atoms. The normalized spacial score (nSPS) is 18.2. The molecule has 17 heavy (non-hydrogen) atoms. The van der Waals surface area contributed by atoms with E-state index in [1.54, 1.807) is 0 Å². The Morgan fingerprint density at radius 3 is 2.76 bits per heavy atom. The maximum absolute atomic E-state index is 6.31. The third-order valence-corrected chi connectivity index (χ3v) is 4.27. The van der Waals surface area contributed by atoms with Crippen molar-refractivity contribution in [3.8, 4) is 0 Å². The molecule has 0 bridgehead atoms. The summed E-state index contributed by atoms with van der Waals surface area (Å²) in [4.78, 5) is 2.43. The van der Waals surface area contributed by atoms with E-state index in [9.17, 15) is 0 Å². The van der Waals surface area contributed by atoms with Crippen molar-refractivity contribution in [3.05, 3.63) is 28.8 Å². The van der Waals surface area contributed by atoms with E-state index in [-0.39, 0.29) is 6.04 Å². The van der Waals surface area contributed by atoms with Crippen LogP contribution in [-0.4, -0.2) is 30.6 Å². The summed E-state index contributed by atoms with van der Waals surface area (Å²) in [5.41, 5.74) is 8.39. The molecule has 0 aliphatic carbocycles. The highest BCUT2D eigenvalue weighted by Gasteiger charge is 2.17. The first-order chi connectivity index (χ1) is 8.18. The van der Waals surface area contributed by atoms with Crippen LogP contribution in [0.2, 0.25) is 5.02 Å². The number of hydrogen-bond donors (Lipinski definition) is 1. The minimum absolute atomic E-state index is 0.146. The number of benzene rings is 1.